The first-order valence-corrected chi connectivity index (χ1v) is 44.4. The first-order valence-electron chi connectivity index (χ1n) is 44.4. The summed E-state index contributed by atoms with van der Waals surface area (Å²) in [6.45, 7) is 56.1. The van der Waals surface area contributed by atoms with Crippen LogP contribution in [0.1, 0.15) is 316 Å². The zero-order valence-corrected chi connectivity index (χ0v) is 82.1. The lowest BCUT2D eigenvalue weighted by molar-refractivity contribution is -0.207. The topological polar surface area (TPSA) is 323 Å². The van der Waals surface area contributed by atoms with Crippen LogP contribution in [0.15, 0.2) is 103 Å². The van der Waals surface area contributed by atoms with E-state index in [1.807, 2.05) is 201 Å². The first kappa shape index (κ1) is 131. The minimum Gasteiger partial charge on any atom is -0.487 e. The number of aromatic nitrogens is 1. The number of alkyl halides is 6. The van der Waals surface area contributed by atoms with E-state index in [-0.39, 0.29) is 96.9 Å². The number of aliphatic hydroxyl groups is 3. The number of ether oxygens (including phenoxy) is 5. The summed E-state index contributed by atoms with van der Waals surface area (Å²) in [6, 6.07) is 32.9. The number of rotatable bonds is 34. The number of hydrogen-bond acceptors (Lipinski definition) is 18. The average Bonchev–Trinajstić information content (AvgIpc) is 0.907. The number of halogens is 6. The molecule has 0 radical (unpaired) electrons. The monoisotopic (exact) mass is 1800 g/mol. The second kappa shape index (κ2) is 78.9. The van der Waals surface area contributed by atoms with E-state index in [1.54, 1.807) is 26.0 Å². The van der Waals surface area contributed by atoms with Crippen LogP contribution in [0, 0.1) is 71.0 Å². The van der Waals surface area contributed by atoms with E-state index >= 15 is 0 Å². The highest BCUT2D eigenvalue weighted by Crippen LogP contribution is 2.26. The molecule has 5 rings (SSSR count). The molecule has 1 fully saturated rings. The molecule has 0 saturated carbocycles. The molecule has 0 bridgehead atoms. The minimum absolute atomic E-state index is 0.0197. The number of nitrogens with zero attached hydrogens (tertiary/aromatic N) is 2. The van der Waals surface area contributed by atoms with Crippen molar-refractivity contribution in [3.8, 4) is 5.75 Å². The van der Waals surface area contributed by atoms with E-state index in [0.29, 0.717) is 123 Å². The molecule has 6 N–H and O–H groups in total. The molecule has 1 aliphatic heterocycles. The van der Waals surface area contributed by atoms with E-state index in [2.05, 4.69) is 82.0 Å². The highest BCUT2D eigenvalue weighted by molar-refractivity contribution is 5.87. The molecule has 2 heterocycles. The molecular weight excluding hydrogens is 1630 g/mol. The lowest BCUT2D eigenvalue weighted by Crippen LogP contribution is -2.29. The van der Waals surface area contributed by atoms with Gasteiger partial charge in [0.05, 0.1) is 45.1 Å². The molecule has 27 heteroatoms. The van der Waals surface area contributed by atoms with Crippen molar-refractivity contribution in [1.82, 2.24) is 9.88 Å². The maximum atomic E-state index is 11.6. The van der Waals surface area contributed by atoms with Crippen LogP contribution in [-0.2, 0) is 76.8 Å². The summed E-state index contributed by atoms with van der Waals surface area (Å²) < 4.78 is 93.9. The molecule has 21 nitrogen and oxygen atoms in total. The van der Waals surface area contributed by atoms with Crippen molar-refractivity contribution in [2.75, 3.05) is 40.5 Å². The molecule has 4 aromatic rings. The summed E-state index contributed by atoms with van der Waals surface area (Å²) in [6.07, 6.45) is -3.71. The van der Waals surface area contributed by atoms with Gasteiger partial charge in [0, 0.05) is 83.9 Å². The number of amides is 2. The number of likely N-dealkylation sites (tertiary alicyclic amines) is 1. The molecule has 0 spiro atoms. The van der Waals surface area contributed by atoms with Crippen LogP contribution in [0.3, 0.4) is 0 Å². The van der Waals surface area contributed by atoms with Crippen molar-refractivity contribution in [3.05, 3.63) is 131 Å². The summed E-state index contributed by atoms with van der Waals surface area (Å²) in [7, 11) is 2.75. The van der Waals surface area contributed by atoms with Gasteiger partial charge in [0.1, 0.15) is 35.7 Å². The van der Waals surface area contributed by atoms with Gasteiger partial charge >= 0.3 is 42.2 Å². The van der Waals surface area contributed by atoms with Crippen LogP contribution in [0.2, 0.25) is 0 Å². The Bertz CT molecular complexity index is 3340. The Morgan fingerprint density at radius 1 is 0.492 bits per heavy atom. The molecule has 2 unspecified atom stereocenters. The maximum Gasteiger partial charge on any atom is 0.414 e. The summed E-state index contributed by atoms with van der Waals surface area (Å²) in [5.41, 5.74) is 9.25. The number of methoxy groups -OCH3 is 2. The number of carbonyl (C=O) groups is 9. The van der Waals surface area contributed by atoms with Gasteiger partial charge in [0.25, 0.3) is 0 Å². The third-order valence-corrected chi connectivity index (χ3v) is 15.8. The van der Waals surface area contributed by atoms with E-state index in [9.17, 15) is 74.6 Å². The summed E-state index contributed by atoms with van der Waals surface area (Å²) >= 11 is 0. The van der Waals surface area contributed by atoms with E-state index in [1.165, 1.54) is 32.6 Å². The third kappa shape index (κ3) is 96.3. The van der Waals surface area contributed by atoms with Gasteiger partial charge in [-0.25, -0.2) is 9.78 Å². The second-order valence-corrected chi connectivity index (χ2v) is 35.7. The van der Waals surface area contributed by atoms with Crippen LogP contribution >= 0.6 is 0 Å². The first-order chi connectivity index (χ1) is 58.2. The quantitative estimate of drug-likeness (QED) is 0.0165. The lowest BCUT2D eigenvalue weighted by Gasteiger charge is -2.16. The smallest absolute Gasteiger partial charge is 0.414 e. The van der Waals surface area contributed by atoms with E-state index < -0.39 is 36.8 Å². The molecule has 1 aliphatic rings. The number of aliphatic hydroxyl groups excluding tert-OH is 3. The van der Waals surface area contributed by atoms with Crippen molar-refractivity contribution in [1.29, 1.82) is 0 Å². The molecule has 3 aromatic carbocycles. The van der Waals surface area contributed by atoms with Crippen LogP contribution in [0.4, 0.5) is 26.3 Å². The van der Waals surface area contributed by atoms with Crippen LogP contribution < -0.4 is 10.5 Å². The zero-order chi connectivity index (χ0) is 99.0. The molecule has 2 atom stereocenters. The second-order valence-electron chi connectivity index (χ2n) is 35.7. The molecule has 126 heavy (non-hydrogen) atoms. The lowest BCUT2D eigenvalue weighted by atomic mass is 10.00. The van der Waals surface area contributed by atoms with Gasteiger partial charge in [-0.3, -0.25) is 38.4 Å². The van der Waals surface area contributed by atoms with Crippen molar-refractivity contribution in [2.24, 2.45) is 76.7 Å². The Labute approximate surface area is 754 Å². The van der Waals surface area contributed by atoms with Crippen molar-refractivity contribution in [2.45, 2.75) is 327 Å². The third-order valence-electron chi connectivity index (χ3n) is 15.8. The Morgan fingerprint density at radius 2 is 0.944 bits per heavy atom. The zero-order valence-electron chi connectivity index (χ0n) is 82.1. The van der Waals surface area contributed by atoms with Crippen LogP contribution in [0.25, 0.3) is 0 Å². The number of carbonyl (C=O) groups excluding carboxylic acids is 8. The average molecular weight is 1800 g/mol. The van der Waals surface area contributed by atoms with Crippen molar-refractivity contribution >= 4 is 53.2 Å². The number of ketones is 2. The summed E-state index contributed by atoms with van der Waals surface area (Å²) in [4.78, 5) is 103. The number of pyridine rings is 1. The SMILES string of the molecule is CC(C)C(O)c1ccccc1.CC(C)CC(=O)CCC(F)(F)F.CC(C)CC(=O)Cc1ccccc1.CC(C)CC(=O)N1CCCC1.CC(C)CC(=O)O.CC(C)CC(=O)OC(C)C.CC(C)CC(N)=O.CC(C)CC(O)C(F)(F)F.CC(C)CCO.CCOC(=O)CC(C)C.COC(=O)CC(C)C.COC(=O)c1cccc(COc2ccc(CC(C)C)cc2)n1. The molecule has 2 amide bonds. The van der Waals surface area contributed by atoms with Crippen molar-refractivity contribution < 1.29 is 114 Å². The van der Waals surface area contributed by atoms with E-state index in [4.69, 9.17) is 35.3 Å². The van der Waals surface area contributed by atoms with Gasteiger partial charge in [0.15, 0.2) is 0 Å². The molecular formula is C99H167F6N3O18. The number of Topliss-reactive ketones (excluding diaryl/α,β-unsaturated/α-hetero) is 2. The Hall–Kier alpha value is -8.30. The molecule has 728 valence electrons. The molecule has 1 aromatic heterocycles. The Kier molecular flexibility index (Phi) is 81.9. The summed E-state index contributed by atoms with van der Waals surface area (Å²) in [5, 5.41) is 34.3. The standard InChI is InChI=1S/C18H21NO3.C12H16O.C10H14O.C9H17NO.C8H13F3O.C8H16O2.C7H14O2.C6H11F3O.C6H12O2.C5H11NO.C5H10O2.C5H12O/c1-13(2)11-14-7-9-16(10-8-14)22-12-15-5-4-6-17(19-15)18(20)21-3;1-10(2)8-12(13)9-11-6-4-3-5-7-11;1-8(2)10(11)9-6-4-3-5-7-9;1-8(2)7-9(11)10-5-3-4-6-10;1-6(2)5-7(12)3-4-8(9,10)11;1-6(2)5-8(9)10-7(3)4;1-4-9-7(8)5-6(2)3;1-4(2)3-5(10)6(7,8)9;1-5(2)4-6(7)8-3;2*1-4(2)3-5(6)7;1-5(2)3-4-6/h4-10,13H,11-12H2,1-3H3;3-7,10H,8-9H2,1-2H3;3-8,10-11H,1-2H3;8H,3-7H2,1-2H3;6H,3-5H2,1-2H3;6-7H,5H2,1-4H3;6H,4-5H2,1-3H3;4-5,10H,3H2,1-2H3;5H,4H2,1-3H3;4H,3H2,1-2H3,(H2,6,7);4H,3H2,1-2H3,(H,6,7);5-6H,3-4H2,1-2H3. The van der Waals surface area contributed by atoms with Gasteiger partial charge in [-0.2, -0.15) is 26.3 Å². The number of aliphatic carboxylic acids is 1. The van der Waals surface area contributed by atoms with Gasteiger partial charge < -0.3 is 54.7 Å². The Morgan fingerprint density at radius 3 is 1.28 bits per heavy atom. The number of carboxylic acid groups (broad SMARTS) is 1. The minimum atomic E-state index is -4.45. The fourth-order valence-corrected chi connectivity index (χ4v) is 10.0. The Balaban J connectivity index is -0.000000250. The highest BCUT2D eigenvalue weighted by atomic mass is 19.4. The van der Waals surface area contributed by atoms with Crippen molar-refractivity contribution in [3.63, 3.8) is 0 Å². The number of primary amides is 1. The molecule has 0 aliphatic carbocycles. The normalized spacial score (nSPS) is 11.8. The summed E-state index contributed by atoms with van der Waals surface area (Å²) in [5.74, 6) is 3.93. The number of nitrogens with two attached hydrogens (primary N) is 1. The van der Waals surface area contributed by atoms with Crippen LogP contribution in [-0.4, -0.2) is 149 Å². The largest absolute Gasteiger partial charge is 0.487 e. The van der Waals surface area contributed by atoms with Crippen LogP contribution in [0.5, 0.6) is 5.75 Å². The predicted octanol–water partition coefficient (Wildman–Crippen LogP) is 22.9. The van der Waals surface area contributed by atoms with Gasteiger partial charge in [-0.05, 0) is 165 Å². The fraction of sp³-hybridized carbons (Fsp3) is 0.677. The maximum absolute atomic E-state index is 11.6. The number of hydrogen-bond donors (Lipinski definition) is 5. The molecule has 1 saturated heterocycles. The fourth-order valence-electron chi connectivity index (χ4n) is 10.0. The highest BCUT2D eigenvalue weighted by Gasteiger charge is 2.38. The number of carboxylic acids is 1. The number of esters is 4. The van der Waals surface area contributed by atoms with Gasteiger partial charge in [0.2, 0.25) is 11.8 Å². The van der Waals surface area contributed by atoms with E-state index in [0.717, 1.165) is 49.2 Å². The van der Waals surface area contributed by atoms with Gasteiger partial charge in [-0.1, -0.05) is 245 Å². The number of benzene rings is 3. The predicted molar refractivity (Wildman–Crippen MR) is 493 cm³/mol. The van der Waals surface area contributed by atoms with Gasteiger partial charge in [-0.15, -0.1) is 0 Å².